The van der Waals surface area contributed by atoms with Crippen LogP contribution in [0.3, 0.4) is 0 Å². The average molecular weight is 300 g/mol. The molecule has 0 bridgehead atoms. The maximum Gasteiger partial charge on any atom is 0.338 e. The molecule has 1 aromatic heterocycles. The number of carboxylic acids is 1. The molecule has 1 aliphatic heterocycles. The Balaban J connectivity index is 1.81. The Morgan fingerprint density at radius 2 is 2.30 bits per heavy atom. The number of urea groups is 1. The molecule has 1 aliphatic rings. The summed E-state index contributed by atoms with van der Waals surface area (Å²) in [4.78, 5) is 22.6. The van der Waals surface area contributed by atoms with Crippen molar-refractivity contribution in [3.63, 3.8) is 0 Å². The van der Waals surface area contributed by atoms with Crippen LogP contribution in [-0.2, 0) is 9.47 Å². The lowest BCUT2D eigenvalue weighted by atomic mass is 10.3. The van der Waals surface area contributed by atoms with Gasteiger partial charge in [-0.05, 0) is 25.3 Å². The highest BCUT2D eigenvalue weighted by atomic mass is 32.1. The molecule has 0 spiro atoms. The van der Waals surface area contributed by atoms with E-state index < -0.39 is 17.8 Å². The second-order valence-electron chi connectivity index (χ2n) is 4.75. The number of aromatic carboxylic acids is 1. The highest BCUT2D eigenvalue weighted by molar-refractivity contribution is 7.14. The second-order valence-corrected chi connectivity index (χ2v) is 5.67. The highest BCUT2D eigenvalue weighted by Gasteiger charge is 2.32. The van der Waals surface area contributed by atoms with Crippen molar-refractivity contribution in [2.24, 2.45) is 0 Å². The first-order valence-electron chi connectivity index (χ1n) is 6.05. The Kier molecular flexibility index (Phi) is 4.26. The van der Waals surface area contributed by atoms with Gasteiger partial charge in [-0.2, -0.15) is 0 Å². The predicted molar refractivity (Wildman–Crippen MR) is 73.2 cm³/mol. The number of amides is 2. The van der Waals surface area contributed by atoms with Gasteiger partial charge in [0.05, 0.1) is 12.2 Å². The average Bonchev–Trinajstić information content (AvgIpc) is 2.93. The van der Waals surface area contributed by atoms with Crippen LogP contribution >= 0.6 is 11.3 Å². The van der Waals surface area contributed by atoms with E-state index >= 15 is 0 Å². The molecule has 2 rings (SSSR count). The molecule has 0 saturated carbocycles. The summed E-state index contributed by atoms with van der Waals surface area (Å²) in [6.45, 7) is 4.31. The number of nitrogens with one attached hydrogen (secondary N) is 2. The van der Waals surface area contributed by atoms with E-state index in [1.807, 2.05) is 0 Å². The van der Waals surface area contributed by atoms with Gasteiger partial charge in [0.2, 0.25) is 0 Å². The van der Waals surface area contributed by atoms with Crippen LogP contribution < -0.4 is 10.6 Å². The van der Waals surface area contributed by atoms with Crippen LogP contribution in [0.2, 0.25) is 0 Å². The van der Waals surface area contributed by atoms with Gasteiger partial charge >= 0.3 is 12.0 Å². The Labute approximate surface area is 119 Å². The summed E-state index contributed by atoms with van der Waals surface area (Å²) in [7, 11) is 0. The van der Waals surface area contributed by atoms with Crippen molar-refractivity contribution in [2.75, 3.05) is 18.5 Å². The molecule has 1 saturated heterocycles. The molecule has 1 aromatic rings. The lowest BCUT2D eigenvalue weighted by molar-refractivity contribution is -0.137. The molecule has 1 atom stereocenters. The van der Waals surface area contributed by atoms with Gasteiger partial charge in [-0.1, -0.05) is 0 Å². The summed E-state index contributed by atoms with van der Waals surface area (Å²) in [5, 5.41) is 16.0. The fourth-order valence-electron chi connectivity index (χ4n) is 1.79. The number of carbonyl (C=O) groups is 2. The molecule has 1 fully saturated rings. The topological polar surface area (TPSA) is 96.9 Å². The van der Waals surface area contributed by atoms with Crippen molar-refractivity contribution in [2.45, 2.75) is 25.7 Å². The van der Waals surface area contributed by atoms with Crippen LogP contribution in [0.25, 0.3) is 0 Å². The number of ether oxygens (including phenoxy) is 2. The van der Waals surface area contributed by atoms with E-state index in [9.17, 15) is 9.59 Å². The third kappa shape index (κ3) is 3.69. The number of thiophene rings is 1. The van der Waals surface area contributed by atoms with E-state index in [1.54, 1.807) is 19.2 Å². The van der Waals surface area contributed by atoms with Crippen LogP contribution in [0.15, 0.2) is 11.4 Å². The van der Waals surface area contributed by atoms with Crippen molar-refractivity contribution in [1.29, 1.82) is 0 Å². The largest absolute Gasteiger partial charge is 0.478 e. The van der Waals surface area contributed by atoms with Gasteiger partial charge < -0.3 is 19.9 Å². The Morgan fingerprint density at radius 1 is 1.55 bits per heavy atom. The first-order valence-corrected chi connectivity index (χ1v) is 6.93. The zero-order valence-electron chi connectivity index (χ0n) is 11.1. The van der Waals surface area contributed by atoms with Crippen LogP contribution in [0, 0.1) is 0 Å². The first kappa shape index (κ1) is 14.8. The number of carboxylic acid groups (broad SMARTS) is 1. The Morgan fingerprint density at radius 3 is 2.90 bits per heavy atom. The molecule has 110 valence electrons. The van der Waals surface area contributed by atoms with Crippen LogP contribution in [0.5, 0.6) is 0 Å². The quantitative estimate of drug-likeness (QED) is 0.786. The van der Waals surface area contributed by atoms with Crippen molar-refractivity contribution >= 4 is 28.3 Å². The van der Waals surface area contributed by atoms with Gasteiger partial charge in [0, 0.05) is 6.54 Å². The first-order chi connectivity index (χ1) is 9.37. The SMILES string of the molecule is CC1(C)OCC(CNC(=O)Nc2sccc2C(=O)O)O1. The third-order valence-electron chi connectivity index (χ3n) is 2.68. The lowest BCUT2D eigenvalue weighted by Crippen LogP contribution is -2.37. The zero-order chi connectivity index (χ0) is 14.8. The standard InChI is InChI=1S/C12H16N2O5S/c1-12(2)18-6-7(19-12)5-13-11(17)14-9-8(10(15)16)3-4-20-9/h3-4,7H,5-6H2,1-2H3,(H,15,16)(H2,13,14,17). The fraction of sp³-hybridized carbons (Fsp3) is 0.500. The molecule has 2 heterocycles. The van der Waals surface area contributed by atoms with Gasteiger partial charge in [0.25, 0.3) is 0 Å². The summed E-state index contributed by atoms with van der Waals surface area (Å²) in [6.07, 6.45) is -0.210. The zero-order valence-corrected chi connectivity index (χ0v) is 12.0. The minimum absolute atomic E-state index is 0.0757. The maximum absolute atomic E-state index is 11.7. The normalized spacial score (nSPS) is 20.6. The number of hydrogen-bond donors (Lipinski definition) is 3. The molecule has 0 aromatic carbocycles. The number of carbonyl (C=O) groups excluding carboxylic acids is 1. The molecule has 2 amide bonds. The van der Waals surface area contributed by atoms with Crippen LogP contribution in [-0.4, -0.2) is 42.1 Å². The molecule has 0 aliphatic carbocycles. The highest BCUT2D eigenvalue weighted by Crippen LogP contribution is 2.23. The minimum Gasteiger partial charge on any atom is -0.478 e. The summed E-state index contributed by atoms with van der Waals surface area (Å²) in [5.41, 5.74) is 0.0757. The number of rotatable bonds is 4. The Bertz CT molecular complexity index is 514. The summed E-state index contributed by atoms with van der Waals surface area (Å²) < 4.78 is 10.9. The van der Waals surface area contributed by atoms with E-state index in [0.29, 0.717) is 18.2 Å². The van der Waals surface area contributed by atoms with Gasteiger partial charge in [-0.3, -0.25) is 5.32 Å². The number of anilines is 1. The van der Waals surface area contributed by atoms with Gasteiger partial charge in [0.1, 0.15) is 11.1 Å². The molecule has 20 heavy (non-hydrogen) atoms. The van der Waals surface area contributed by atoms with Gasteiger partial charge in [-0.15, -0.1) is 11.3 Å². The van der Waals surface area contributed by atoms with Crippen LogP contribution in [0.4, 0.5) is 9.80 Å². The summed E-state index contributed by atoms with van der Waals surface area (Å²) in [6, 6.07) is 0.974. The monoisotopic (exact) mass is 300 g/mol. The fourth-order valence-corrected chi connectivity index (χ4v) is 2.57. The van der Waals surface area contributed by atoms with Crippen molar-refractivity contribution in [1.82, 2.24) is 5.32 Å². The van der Waals surface area contributed by atoms with E-state index in [1.165, 1.54) is 6.07 Å². The molecule has 0 radical (unpaired) electrons. The maximum atomic E-state index is 11.7. The minimum atomic E-state index is -1.07. The van der Waals surface area contributed by atoms with Crippen LogP contribution in [0.1, 0.15) is 24.2 Å². The van der Waals surface area contributed by atoms with Crippen molar-refractivity contribution in [3.05, 3.63) is 17.0 Å². The molecule has 1 unspecified atom stereocenters. The van der Waals surface area contributed by atoms with E-state index in [0.717, 1.165) is 11.3 Å². The third-order valence-corrected chi connectivity index (χ3v) is 3.51. The molecular formula is C12H16N2O5S. The van der Waals surface area contributed by atoms with Crippen molar-refractivity contribution in [3.8, 4) is 0 Å². The summed E-state index contributed by atoms with van der Waals surface area (Å²) in [5.74, 6) is -1.71. The molecule has 7 nitrogen and oxygen atoms in total. The summed E-state index contributed by atoms with van der Waals surface area (Å²) >= 11 is 1.16. The van der Waals surface area contributed by atoms with E-state index in [4.69, 9.17) is 14.6 Å². The van der Waals surface area contributed by atoms with E-state index in [-0.39, 0.29) is 11.7 Å². The van der Waals surface area contributed by atoms with E-state index in [2.05, 4.69) is 10.6 Å². The number of hydrogen-bond acceptors (Lipinski definition) is 5. The lowest BCUT2D eigenvalue weighted by Gasteiger charge is -2.17. The smallest absolute Gasteiger partial charge is 0.338 e. The molecular weight excluding hydrogens is 284 g/mol. The molecule has 8 heteroatoms. The van der Waals surface area contributed by atoms with Gasteiger partial charge in [-0.25, -0.2) is 9.59 Å². The van der Waals surface area contributed by atoms with Crippen molar-refractivity contribution < 1.29 is 24.2 Å². The second kappa shape index (κ2) is 5.78. The van der Waals surface area contributed by atoms with Gasteiger partial charge in [0.15, 0.2) is 5.79 Å². The Hall–Kier alpha value is -1.64. The predicted octanol–water partition coefficient (Wildman–Crippen LogP) is 1.72. The molecule has 3 N–H and O–H groups in total.